The van der Waals surface area contributed by atoms with E-state index in [1.165, 1.54) is 0 Å². The van der Waals surface area contributed by atoms with Crippen LogP contribution in [0.5, 0.6) is 0 Å². The number of rotatable bonds is 6. The van der Waals surface area contributed by atoms with Crippen molar-refractivity contribution < 1.29 is 14.4 Å². The van der Waals surface area contributed by atoms with Crippen LogP contribution in [0.15, 0.2) is 0 Å². The Labute approximate surface area is 93.5 Å². The molecule has 16 heavy (non-hydrogen) atoms. The Morgan fingerprint density at radius 3 is 2.81 bits per heavy atom. The smallest absolute Gasteiger partial charge is 0.314 e. The summed E-state index contributed by atoms with van der Waals surface area (Å²) in [6.07, 6.45) is 0. The maximum atomic E-state index is 11.4. The third-order valence-electron chi connectivity index (χ3n) is 1.81. The van der Waals surface area contributed by atoms with Gasteiger partial charge < -0.3 is 4.74 Å². The number of hydrogen-bond donors (Lipinski definition) is 2. The van der Waals surface area contributed by atoms with E-state index in [1.54, 1.807) is 7.11 Å². The lowest BCUT2D eigenvalue weighted by molar-refractivity contribution is 0.00826. The first kappa shape index (κ1) is 12.6. The van der Waals surface area contributed by atoms with Crippen molar-refractivity contribution in [2.75, 3.05) is 20.3 Å². The Morgan fingerprint density at radius 1 is 1.50 bits per heavy atom. The molecule has 0 atom stereocenters. The van der Waals surface area contributed by atoms with Gasteiger partial charge in [-0.3, -0.25) is 14.7 Å². The van der Waals surface area contributed by atoms with Gasteiger partial charge >= 0.3 is 5.91 Å². The number of nitrogens with one attached hydrogen (secondary N) is 2. The lowest BCUT2D eigenvalue weighted by Crippen LogP contribution is -2.26. The Morgan fingerprint density at radius 2 is 2.25 bits per heavy atom. The molecular formula is C9H16N4O3. The van der Waals surface area contributed by atoms with E-state index < -0.39 is 5.91 Å². The number of aromatic nitrogens is 3. The number of amides is 1. The minimum absolute atomic E-state index is 0.0705. The summed E-state index contributed by atoms with van der Waals surface area (Å²) in [5, 5.41) is 6.46. The van der Waals surface area contributed by atoms with Crippen LogP contribution in [-0.4, -0.2) is 41.4 Å². The molecule has 0 saturated heterocycles. The van der Waals surface area contributed by atoms with Crippen molar-refractivity contribution in [2.45, 2.75) is 19.8 Å². The first-order chi connectivity index (χ1) is 7.65. The molecular weight excluding hydrogens is 212 g/mol. The lowest BCUT2D eigenvalue weighted by atomic mass is 10.2. The van der Waals surface area contributed by atoms with E-state index in [2.05, 4.69) is 20.7 Å². The Balaban J connectivity index is 2.40. The second-order valence-electron chi connectivity index (χ2n) is 3.47. The number of hydroxylamine groups is 1. The molecule has 1 amide bonds. The van der Waals surface area contributed by atoms with E-state index in [4.69, 9.17) is 9.57 Å². The molecule has 0 bridgehead atoms. The zero-order valence-electron chi connectivity index (χ0n) is 9.61. The number of ether oxygens (including phenoxy) is 1. The van der Waals surface area contributed by atoms with E-state index in [1.807, 2.05) is 13.8 Å². The van der Waals surface area contributed by atoms with Crippen molar-refractivity contribution in [1.29, 1.82) is 0 Å². The quantitative estimate of drug-likeness (QED) is 0.537. The minimum atomic E-state index is -0.473. The summed E-state index contributed by atoms with van der Waals surface area (Å²) in [5.41, 5.74) is 2.22. The molecule has 1 aromatic rings. The second-order valence-corrected chi connectivity index (χ2v) is 3.47. The molecule has 1 heterocycles. The van der Waals surface area contributed by atoms with Crippen molar-refractivity contribution in [3.8, 4) is 0 Å². The number of nitrogens with zero attached hydrogens (tertiary/aromatic N) is 2. The third-order valence-corrected chi connectivity index (χ3v) is 1.81. The van der Waals surface area contributed by atoms with Crippen LogP contribution in [0.25, 0.3) is 0 Å². The molecule has 0 saturated carbocycles. The first-order valence-electron chi connectivity index (χ1n) is 4.98. The molecule has 90 valence electrons. The number of carbonyl (C=O) groups is 1. The van der Waals surface area contributed by atoms with E-state index in [0.29, 0.717) is 12.4 Å². The zero-order chi connectivity index (χ0) is 12.0. The molecule has 0 unspecified atom stereocenters. The molecule has 2 N–H and O–H groups in total. The van der Waals surface area contributed by atoms with Crippen LogP contribution in [0.1, 0.15) is 36.2 Å². The monoisotopic (exact) mass is 228 g/mol. The summed E-state index contributed by atoms with van der Waals surface area (Å²) in [6.45, 7) is 4.60. The summed E-state index contributed by atoms with van der Waals surface area (Å²) >= 11 is 0. The fourth-order valence-electron chi connectivity index (χ4n) is 0.921. The van der Waals surface area contributed by atoms with Crippen molar-refractivity contribution in [3.63, 3.8) is 0 Å². The molecule has 7 heteroatoms. The molecule has 0 fully saturated rings. The van der Waals surface area contributed by atoms with Crippen molar-refractivity contribution >= 4 is 5.91 Å². The zero-order valence-corrected chi connectivity index (χ0v) is 9.61. The maximum Gasteiger partial charge on any atom is 0.314 e. The number of hydrogen-bond acceptors (Lipinski definition) is 5. The first-order valence-corrected chi connectivity index (χ1v) is 4.98. The Kier molecular flexibility index (Phi) is 4.87. The van der Waals surface area contributed by atoms with Crippen LogP contribution >= 0.6 is 0 Å². The van der Waals surface area contributed by atoms with Crippen molar-refractivity contribution in [1.82, 2.24) is 20.7 Å². The Bertz CT molecular complexity index is 337. The average molecular weight is 228 g/mol. The molecule has 0 spiro atoms. The van der Waals surface area contributed by atoms with Gasteiger partial charge in [-0.1, -0.05) is 13.8 Å². The van der Waals surface area contributed by atoms with Gasteiger partial charge in [-0.15, -0.1) is 5.10 Å². The number of methoxy groups -OCH3 is 1. The van der Waals surface area contributed by atoms with Crippen LogP contribution in [0, 0.1) is 0 Å². The largest absolute Gasteiger partial charge is 0.382 e. The molecule has 0 radical (unpaired) electrons. The highest BCUT2D eigenvalue weighted by Crippen LogP contribution is 2.07. The third kappa shape index (κ3) is 3.59. The summed E-state index contributed by atoms with van der Waals surface area (Å²) in [5.74, 6) is 0.464. The summed E-state index contributed by atoms with van der Waals surface area (Å²) in [4.78, 5) is 20.3. The van der Waals surface area contributed by atoms with Crippen LogP contribution in [0.3, 0.4) is 0 Å². The summed E-state index contributed by atoms with van der Waals surface area (Å²) in [6, 6.07) is 0. The van der Waals surface area contributed by atoms with Gasteiger partial charge in [0.25, 0.3) is 0 Å². The molecule has 7 nitrogen and oxygen atoms in total. The van der Waals surface area contributed by atoms with E-state index in [0.717, 1.165) is 0 Å². The van der Waals surface area contributed by atoms with E-state index >= 15 is 0 Å². The van der Waals surface area contributed by atoms with Gasteiger partial charge in [0, 0.05) is 13.0 Å². The van der Waals surface area contributed by atoms with Crippen LogP contribution in [0.2, 0.25) is 0 Å². The van der Waals surface area contributed by atoms with Gasteiger partial charge in [-0.25, -0.2) is 10.5 Å². The molecule has 0 aliphatic rings. The highest BCUT2D eigenvalue weighted by atomic mass is 16.7. The average Bonchev–Trinajstić information content (AvgIpc) is 2.73. The molecule has 0 aliphatic carbocycles. The molecule has 0 aliphatic heterocycles. The summed E-state index contributed by atoms with van der Waals surface area (Å²) in [7, 11) is 1.55. The molecule has 1 aromatic heterocycles. The predicted molar refractivity (Wildman–Crippen MR) is 55.8 cm³/mol. The van der Waals surface area contributed by atoms with Crippen LogP contribution in [0.4, 0.5) is 0 Å². The van der Waals surface area contributed by atoms with Gasteiger partial charge in [0.2, 0.25) is 5.82 Å². The normalized spacial score (nSPS) is 10.8. The highest BCUT2D eigenvalue weighted by Gasteiger charge is 2.13. The second kappa shape index (κ2) is 6.19. The van der Waals surface area contributed by atoms with Crippen molar-refractivity contribution in [2.24, 2.45) is 0 Å². The topological polar surface area (TPSA) is 89.1 Å². The lowest BCUT2D eigenvalue weighted by Gasteiger charge is -2.02. The van der Waals surface area contributed by atoms with E-state index in [-0.39, 0.29) is 18.3 Å². The molecule has 1 rings (SSSR count). The van der Waals surface area contributed by atoms with Gasteiger partial charge in [-0.05, 0) is 0 Å². The van der Waals surface area contributed by atoms with Crippen LogP contribution < -0.4 is 5.48 Å². The number of carbonyl (C=O) groups excluding carboxylic acids is 1. The maximum absolute atomic E-state index is 11.4. The number of H-pyrrole nitrogens is 1. The summed E-state index contributed by atoms with van der Waals surface area (Å²) < 4.78 is 4.75. The van der Waals surface area contributed by atoms with Gasteiger partial charge in [-0.2, -0.15) is 0 Å². The fraction of sp³-hybridized carbons (Fsp3) is 0.667. The Hall–Kier alpha value is -1.47. The predicted octanol–water partition coefficient (Wildman–Crippen LogP) is 0.236. The van der Waals surface area contributed by atoms with Crippen LogP contribution in [-0.2, 0) is 9.57 Å². The van der Waals surface area contributed by atoms with Gasteiger partial charge in [0.15, 0.2) is 0 Å². The van der Waals surface area contributed by atoms with Gasteiger partial charge in [0.1, 0.15) is 5.82 Å². The highest BCUT2D eigenvalue weighted by molar-refractivity contribution is 5.89. The minimum Gasteiger partial charge on any atom is -0.382 e. The SMILES string of the molecule is COCCONC(=O)c1n[nH]c(C(C)C)n1. The van der Waals surface area contributed by atoms with Crippen molar-refractivity contribution in [3.05, 3.63) is 11.6 Å². The number of aromatic amines is 1. The standard InChI is InChI=1S/C9H16N4O3/c1-6(2)7-10-8(12-11-7)9(14)13-16-5-4-15-3/h6H,4-5H2,1-3H3,(H,13,14)(H,10,11,12). The van der Waals surface area contributed by atoms with E-state index in [9.17, 15) is 4.79 Å². The molecule has 0 aromatic carbocycles. The fourth-order valence-corrected chi connectivity index (χ4v) is 0.921. The van der Waals surface area contributed by atoms with Gasteiger partial charge in [0.05, 0.1) is 13.2 Å².